The van der Waals surface area contributed by atoms with Gasteiger partial charge in [0.05, 0.1) is 39.4 Å². The Kier molecular flexibility index (Phi) is 5.92. The van der Waals surface area contributed by atoms with E-state index in [4.69, 9.17) is 33.2 Å². The van der Waals surface area contributed by atoms with E-state index >= 15 is 0 Å². The van der Waals surface area contributed by atoms with E-state index in [-0.39, 0.29) is 19.4 Å². The largest absolute Gasteiger partial charge is 0.493 e. The second-order valence-corrected chi connectivity index (χ2v) is 10.2. The van der Waals surface area contributed by atoms with Crippen LogP contribution in [0.5, 0.6) is 28.7 Å². The van der Waals surface area contributed by atoms with E-state index < -0.39 is 29.8 Å². The summed E-state index contributed by atoms with van der Waals surface area (Å²) in [5, 5.41) is 0.986. The van der Waals surface area contributed by atoms with Gasteiger partial charge in [-0.15, -0.1) is 0 Å². The van der Waals surface area contributed by atoms with Gasteiger partial charge in [-0.05, 0) is 59.0 Å². The zero-order valence-corrected chi connectivity index (χ0v) is 22.6. The van der Waals surface area contributed by atoms with Crippen molar-refractivity contribution >= 4 is 22.8 Å². The lowest BCUT2D eigenvalue weighted by atomic mass is 9.66. The third-order valence-electron chi connectivity index (χ3n) is 8.19. The lowest BCUT2D eigenvalue weighted by molar-refractivity contribution is -0.141. The molecule has 7 rings (SSSR count). The van der Waals surface area contributed by atoms with E-state index in [0.717, 1.165) is 27.6 Å². The molecule has 0 spiro atoms. The fraction of sp³-hybridized carbons (Fsp3) is 0.290. The highest BCUT2D eigenvalue weighted by molar-refractivity contribution is 5.94. The van der Waals surface area contributed by atoms with Crippen LogP contribution in [0.1, 0.15) is 39.1 Å². The van der Waals surface area contributed by atoms with Gasteiger partial charge in [-0.3, -0.25) is 4.79 Å². The van der Waals surface area contributed by atoms with Gasteiger partial charge in [0.25, 0.3) is 0 Å². The number of cyclic esters (lactones) is 1. The van der Waals surface area contributed by atoms with Crippen molar-refractivity contribution in [1.82, 2.24) is 4.98 Å². The molecule has 3 aliphatic rings. The average Bonchev–Trinajstić information content (AvgIpc) is 3.75. The number of carbonyl (C=O) groups excluding carboxylic acids is 2. The molecule has 0 bridgehead atoms. The Morgan fingerprint density at radius 3 is 2.32 bits per heavy atom. The molecule has 41 heavy (non-hydrogen) atoms. The van der Waals surface area contributed by atoms with Crippen LogP contribution >= 0.6 is 0 Å². The van der Waals surface area contributed by atoms with Crippen molar-refractivity contribution in [3.05, 3.63) is 77.0 Å². The molecular formula is C31H27NO9. The Morgan fingerprint density at radius 1 is 0.878 bits per heavy atom. The summed E-state index contributed by atoms with van der Waals surface area (Å²) < 4.78 is 40.0. The SMILES string of the molecule is COc1cc([C@@H]2c3cc4c(cc3[C@H](OC(=O)c3ccc5cc[nH]c5c3)[C@H]3COC(=O)[C@H]23)OCO4)cc(OC)c1OC. The molecule has 0 radical (unpaired) electrons. The fourth-order valence-corrected chi connectivity index (χ4v) is 6.30. The number of esters is 2. The number of benzene rings is 3. The summed E-state index contributed by atoms with van der Waals surface area (Å²) in [7, 11) is 4.62. The molecule has 0 saturated carbocycles. The van der Waals surface area contributed by atoms with E-state index in [1.807, 2.05) is 42.6 Å². The first-order valence-electron chi connectivity index (χ1n) is 13.2. The van der Waals surface area contributed by atoms with Crippen LogP contribution in [0.15, 0.2) is 54.7 Å². The van der Waals surface area contributed by atoms with Gasteiger partial charge in [-0.2, -0.15) is 0 Å². The Bertz CT molecular complexity index is 1670. The topological polar surface area (TPSA) is 115 Å². The number of aromatic amines is 1. The van der Waals surface area contributed by atoms with Crippen molar-refractivity contribution in [3.63, 3.8) is 0 Å². The van der Waals surface area contributed by atoms with Crippen molar-refractivity contribution < 1.29 is 42.7 Å². The number of carbonyl (C=O) groups is 2. The quantitative estimate of drug-likeness (QED) is 0.335. The van der Waals surface area contributed by atoms with Gasteiger partial charge in [-0.1, -0.05) is 6.07 Å². The van der Waals surface area contributed by atoms with Gasteiger partial charge in [0.15, 0.2) is 23.0 Å². The van der Waals surface area contributed by atoms with Crippen molar-refractivity contribution in [2.45, 2.75) is 12.0 Å². The van der Waals surface area contributed by atoms with Crippen molar-refractivity contribution in [2.24, 2.45) is 11.8 Å². The van der Waals surface area contributed by atoms with Crippen LogP contribution in [-0.4, -0.2) is 51.7 Å². The Morgan fingerprint density at radius 2 is 1.61 bits per heavy atom. The number of fused-ring (bicyclic) bond motifs is 4. The van der Waals surface area contributed by atoms with Crippen LogP contribution < -0.4 is 23.7 Å². The van der Waals surface area contributed by atoms with Gasteiger partial charge < -0.3 is 38.1 Å². The van der Waals surface area contributed by atoms with E-state index in [2.05, 4.69) is 4.98 Å². The highest BCUT2D eigenvalue weighted by Gasteiger charge is 2.54. The Hall–Kier alpha value is -4.86. The third-order valence-corrected chi connectivity index (χ3v) is 8.19. The standard InChI is InChI=1S/C31H27NO9/c1-35-24-9-17(10-25(36-2)29(24)37-3)26-18-11-22-23(40-14-39-22)12-19(18)28(20-13-38-31(34)27(20)26)41-30(33)16-5-4-15-6-7-32-21(15)8-16/h4-12,20,26-28,32H,13-14H2,1-3H3/t20-,26+,27-,28-/m0/s1. The highest BCUT2D eigenvalue weighted by atomic mass is 16.7. The summed E-state index contributed by atoms with van der Waals surface area (Å²) in [6.07, 6.45) is 1.05. The molecule has 3 heterocycles. The smallest absolute Gasteiger partial charge is 0.338 e. The lowest BCUT2D eigenvalue weighted by Gasteiger charge is -2.38. The second kappa shape index (κ2) is 9.65. The number of nitrogens with one attached hydrogen (secondary N) is 1. The normalized spacial score (nSPS) is 22.1. The number of hydrogen-bond donors (Lipinski definition) is 1. The molecule has 2 aliphatic heterocycles. The number of H-pyrrole nitrogens is 1. The summed E-state index contributed by atoms with van der Waals surface area (Å²) in [5.41, 5.74) is 3.47. The van der Waals surface area contributed by atoms with E-state index in [0.29, 0.717) is 34.3 Å². The van der Waals surface area contributed by atoms with Crippen LogP contribution in [0, 0.1) is 11.8 Å². The van der Waals surface area contributed by atoms with Crippen molar-refractivity contribution in [2.75, 3.05) is 34.7 Å². The zero-order valence-electron chi connectivity index (χ0n) is 22.6. The summed E-state index contributed by atoms with van der Waals surface area (Å²) in [6, 6.07) is 14.7. The van der Waals surface area contributed by atoms with Gasteiger partial charge in [0.2, 0.25) is 12.5 Å². The highest BCUT2D eigenvalue weighted by Crippen LogP contribution is 2.56. The van der Waals surface area contributed by atoms with E-state index in [1.165, 1.54) is 7.11 Å². The number of methoxy groups -OCH3 is 3. The minimum atomic E-state index is -0.763. The van der Waals surface area contributed by atoms with Crippen LogP contribution in [0.25, 0.3) is 10.9 Å². The zero-order chi connectivity index (χ0) is 28.2. The molecule has 1 N–H and O–H groups in total. The molecule has 0 amide bonds. The summed E-state index contributed by atoms with van der Waals surface area (Å²) in [5.74, 6) is 0.0199. The van der Waals surface area contributed by atoms with Gasteiger partial charge in [0, 0.05) is 29.1 Å². The number of rotatable bonds is 6. The number of aromatic nitrogens is 1. The molecule has 1 aliphatic carbocycles. The molecular weight excluding hydrogens is 530 g/mol. The van der Waals surface area contributed by atoms with Crippen LogP contribution in [0.2, 0.25) is 0 Å². The maximum absolute atomic E-state index is 13.5. The predicted molar refractivity (Wildman–Crippen MR) is 145 cm³/mol. The van der Waals surface area contributed by atoms with Crippen LogP contribution in [-0.2, 0) is 14.3 Å². The summed E-state index contributed by atoms with van der Waals surface area (Å²) >= 11 is 0. The van der Waals surface area contributed by atoms with E-state index in [9.17, 15) is 9.59 Å². The molecule has 4 aromatic rings. The minimum Gasteiger partial charge on any atom is -0.493 e. The first-order valence-corrected chi connectivity index (χ1v) is 13.2. The maximum Gasteiger partial charge on any atom is 0.338 e. The molecule has 3 aromatic carbocycles. The second-order valence-electron chi connectivity index (χ2n) is 10.2. The Balaban J connectivity index is 1.37. The van der Waals surface area contributed by atoms with Gasteiger partial charge in [0.1, 0.15) is 6.10 Å². The molecule has 10 nitrogen and oxygen atoms in total. The number of hydrogen-bond acceptors (Lipinski definition) is 9. The minimum absolute atomic E-state index is 0.0720. The van der Waals surface area contributed by atoms with Crippen molar-refractivity contribution in [3.8, 4) is 28.7 Å². The average molecular weight is 558 g/mol. The predicted octanol–water partition coefficient (Wildman–Crippen LogP) is 4.76. The van der Waals surface area contributed by atoms with Crippen LogP contribution in [0.4, 0.5) is 0 Å². The first-order chi connectivity index (χ1) is 20.0. The molecule has 1 fully saturated rings. The van der Waals surface area contributed by atoms with Crippen LogP contribution in [0.3, 0.4) is 0 Å². The summed E-state index contributed by atoms with van der Waals surface area (Å²) in [6.45, 7) is 0.175. The molecule has 210 valence electrons. The summed E-state index contributed by atoms with van der Waals surface area (Å²) in [4.78, 5) is 30.0. The lowest BCUT2D eigenvalue weighted by Crippen LogP contribution is -2.36. The monoisotopic (exact) mass is 557 g/mol. The van der Waals surface area contributed by atoms with Gasteiger partial charge >= 0.3 is 11.9 Å². The molecule has 4 atom stereocenters. The first kappa shape index (κ1) is 25.1. The molecule has 0 unspecified atom stereocenters. The van der Waals surface area contributed by atoms with E-state index in [1.54, 1.807) is 26.4 Å². The fourth-order valence-electron chi connectivity index (χ4n) is 6.30. The van der Waals surface area contributed by atoms with Gasteiger partial charge in [-0.25, -0.2) is 4.79 Å². The third kappa shape index (κ3) is 3.93. The molecule has 1 saturated heterocycles. The maximum atomic E-state index is 13.5. The van der Waals surface area contributed by atoms with Crippen molar-refractivity contribution in [1.29, 1.82) is 0 Å². The molecule has 1 aromatic heterocycles. The number of ether oxygens (including phenoxy) is 7. The Labute approximate surface area is 235 Å². The molecule has 10 heteroatoms.